The number of likely N-dealkylation sites (N-methyl/N-ethyl adjacent to an activating group) is 1. The van der Waals surface area contributed by atoms with E-state index in [0.717, 1.165) is 11.5 Å². The number of hydrogen-bond acceptors (Lipinski definition) is 1. The summed E-state index contributed by atoms with van der Waals surface area (Å²) in [5.74, 6) is 0.825. The highest BCUT2D eigenvalue weighted by molar-refractivity contribution is 5.86. The zero-order valence-corrected chi connectivity index (χ0v) is 17.4. The zero-order chi connectivity index (χ0) is 19.9. The summed E-state index contributed by atoms with van der Waals surface area (Å²) in [4.78, 5) is 13.3. The Labute approximate surface area is 170 Å². The van der Waals surface area contributed by atoms with Gasteiger partial charge >= 0.3 is 0 Å². The van der Waals surface area contributed by atoms with E-state index in [0.29, 0.717) is 6.54 Å². The van der Waals surface area contributed by atoms with Gasteiger partial charge in [-0.3, -0.25) is 4.79 Å². The monoisotopic (exact) mass is 375 g/mol. The second-order valence-corrected chi connectivity index (χ2v) is 8.18. The van der Waals surface area contributed by atoms with Gasteiger partial charge in [-0.1, -0.05) is 81.7 Å². The molecule has 0 bridgehead atoms. The van der Waals surface area contributed by atoms with Crippen LogP contribution in [0.1, 0.15) is 55.7 Å². The lowest BCUT2D eigenvalue weighted by Gasteiger charge is -2.25. The molecule has 0 fully saturated rings. The number of hydrogen-bond donors (Lipinski definition) is 0. The van der Waals surface area contributed by atoms with E-state index in [1.165, 1.54) is 67.7 Å². The highest BCUT2D eigenvalue weighted by atomic mass is 16.2. The van der Waals surface area contributed by atoms with Crippen LogP contribution in [0.5, 0.6) is 0 Å². The minimum atomic E-state index is -0.0493. The van der Waals surface area contributed by atoms with Crippen molar-refractivity contribution in [3.63, 3.8) is 0 Å². The highest BCUT2D eigenvalue weighted by Crippen LogP contribution is 2.32. The third-order valence-corrected chi connectivity index (χ3v) is 6.01. The number of unbranched alkanes of at least 4 members (excludes halogenated alkanes) is 2. The molecule has 1 aliphatic rings. The normalized spacial score (nSPS) is 15.7. The van der Waals surface area contributed by atoms with Gasteiger partial charge in [0.15, 0.2) is 0 Å². The number of benzene rings is 2. The average molecular weight is 376 g/mol. The van der Waals surface area contributed by atoms with E-state index in [4.69, 9.17) is 0 Å². The van der Waals surface area contributed by atoms with Gasteiger partial charge in [-0.25, -0.2) is 0 Å². The lowest BCUT2D eigenvalue weighted by Crippen LogP contribution is -2.23. The Balaban J connectivity index is 1.65. The summed E-state index contributed by atoms with van der Waals surface area (Å²) in [7, 11) is 1.80. The molecule has 1 unspecified atom stereocenters. The fourth-order valence-corrected chi connectivity index (χ4v) is 4.25. The number of amides is 1. The van der Waals surface area contributed by atoms with Crippen LogP contribution in [-0.2, 0) is 24.2 Å². The maximum Gasteiger partial charge on any atom is 0.245 e. The predicted octanol–water partition coefficient (Wildman–Crippen LogP) is 6.18. The van der Waals surface area contributed by atoms with Crippen LogP contribution in [0.25, 0.3) is 11.1 Å². The Morgan fingerprint density at radius 3 is 2.57 bits per heavy atom. The van der Waals surface area contributed by atoms with Gasteiger partial charge < -0.3 is 4.90 Å². The zero-order valence-electron chi connectivity index (χ0n) is 17.4. The molecule has 2 aromatic rings. The molecule has 148 valence electrons. The van der Waals surface area contributed by atoms with Crippen LogP contribution in [0.4, 0.5) is 0 Å². The van der Waals surface area contributed by atoms with Crippen LogP contribution in [0.3, 0.4) is 0 Å². The largest absolute Gasteiger partial charge is 0.338 e. The SMILES string of the molecule is C=CC(=O)N(C)Cc1ccc(-c2ccc3c(c2)CCC(CCCCC)C3)cc1. The Hall–Kier alpha value is -2.35. The fourth-order valence-electron chi connectivity index (χ4n) is 4.25. The van der Waals surface area contributed by atoms with E-state index >= 15 is 0 Å². The summed E-state index contributed by atoms with van der Waals surface area (Å²) in [6.45, 7) is 6.43. The topological polar surface area (TPSA) is 20.3 Å². The molecule has 1 amide bonds. The molecule has 1 atom stereocenters. The molecular formula is C26H33NO. The number of nitrogens with zero attached hydrogens (tertiary/aromatic N) is 1. The molecule has 0 aromatic heterocycles. The van der Waals surface area contributed by atoms with Crippen molar-refractivity contribution in [2.24, 2.45) is 5.92 Å². The summed E-state index contributed by atoms with van der Waals surface area (Å²) in [6.07, 6.45) is 10.6. The molecule has 0 saturated heterocycles. The minimum Gasteiger partial charge on any atom is -0.338 e. The van der Waals surface area contributed by atoms with E-state index < -0.39 is 0 Å². The second-order valence-electron chi connectivity index (χ2n) is 8.18. The van der Waals surface area contributed by atoms with Crippen molar-refractivity contribution >= 4 is 5.91 Å². The Bertz CT molecular complexity index is 806. The molecule has 28 heavy (non-hydrogen) atoms. The standard InChI is InChI=1S/C26H33NO/c1-4-6-7-8-20-9-14-25-18-24(16-15-23(25)17-20)22-12-10-21(11-13-22)19-27(3)26(28)5-2/h5,10-13,15-16,18,20H,2,4,6-9,14,17,19H2,1,3H3. The van der Waals surface area contributed by atoms with Crippen molar-refractivity contribution in [1.82, 2.24) is 4.90 Å². The summed E-state index contributed by atoms with van der Waals surface area (Å²) in [6, 6.07) is 15.6. The summed E-state index contributed by atoms with van der Waals surface area (Å²) >= 11 is 0. The number of aryl methyl sites for hydroxylation is 1. The molecule has 1 aliphatic carbocycles. The van der Waals surface area contributed by atoms with Crippen LogP contribution in [0, 0.1) is 5.92 Å². The second kappa shape index (κ2) is 9.73. The number of fused-ring (bicyclic) bond motifs is 1. The van der Waals surface area contributed by atoms with Crippen molar-refractivity contribution in [3.05, 3.63) is 71.8 Å². The van der Waals surface area contributed by atoms with Crippen LogP contribution in [0.15, 0.2) is 55.1 Å². The van der Waals surface area contributed by atoms with E-state index in [1.807, 2.05) is 0 Å². The van der Waals surface area contributed by atoms with Gasteiger partial charge in [0.05, 0.1) is 0 Å². The van der Waals surface area contributed by atoms with Crippen LogP contribution in [0.2, 0.25) is 0 Å². The lowest BCUT2D eigenvalue weighted by atomic mass is 9.80. The number of carbonyl (C=O) groups excluding carboxylic acids is 1. The summed E-state index contributed by atoms with van der Waals surface area (Å²) < 4.78 is 0. The molecule has 2 heteroatoms. The van der Waals surface area contributed by atoms with Gasteiger partial charge in [-0.05, 0) is 59.1 Å². The molecule has 0 N–H and O–H groups in total. The minimum absolute atomic E-state index is 0.0493. The Morgan fingerprint density at radius 1 is 1.11 bits per heavy atom. The van der Waals surface area contributed by atoms with Gasteiger partial charge in [-0.2, -0.15) is 0 Å². The van der Waals surface area contributed by atoms with Gasteiger partial charge in [0.25, 0.3) is 0 Å². The van der Waals surface area contributed by atoms with E-state index in [2.05, 4.69) is 56.0 Å². The van der Waals surface area contributed by atoms with Crippen molar-refractivity contribution in [2.45, 2.75) is 58.4 Å². The molecule has 0 heterocycles. The van der Waals surface area contributed by atoms with E-state index in [9.17, 15) is 4.79 Å². The lowest BCUT2D eigenvalue weighted by molar-refractivity contribution is -0.125. The van der Waals surface area contributed by atoms with Gasteiger partial charge in [0.1, 0.15) is 0 Å². The van der Waals surface area contributed by atoms with Crippen molar-refractivity contribution < 1.29 is 4.79 Å². The Morgan fingerprint density at radius 2 is 1.86 bits per heavy atom. The van der Waals surface area contributed by atoms with Crippen LogP contribution in [-0.4, -0.2) is 17.9 Å². The van der Waals surface area contributed by atoms with Crippen molar-refractivity contribution in [1.29, 1.82) is 0 Å². The number of carbonyl (C=O) groups is 1. The Kier molecular flexibility index (Phi) is 7.08. The van der Waals surface area contributed by atoms with Crippen LogP contribution < -0.4 is 0 Å². The maximum atomic E-state index is 11.6. The molecular weight excluding hydrogens is 342 g/mol. The molecule has 0 spiro atoms. The third kappa shape index (κ3) is 5.13. The third-order valence-electron chi connectivity index (χ3n) is 6.01. The summed E-state index contributed by atoms with van der Waals surface area (Å²) in [5.41, 5.74) is 6.76. The van der Waals surface area contributed by atoms with Gasteiger partial charge in [0.2, 0.25) is 5.91 Å². The predicted molar refractivity (Wildman–Crippen MR) is 118 cm³/mol. The first-order valence-corrected chi connectivity index (χ1v) is 10.7. The highest BCUT2D eigenvalue weighted by Gasteiger charge is 2.18. The first-order valence-electron chi connectivity index (χ1n) is 10.7. The van der Waals surface area contributed by atoms with Crippen LogP contribution >= 0.6 is 0 Å². The first-order chi connectivity index (χ1) is 13.6. The molecule has 2 nitrogen and oxygen atoms in total. The smallest absolute Gasteiger partial charge is 0.245 e. The quantitative estimate of drug-likeness (QED) is 0.398. The van der Waals surface area contributed by atoms with Gasteiger partial charge in [-0.15, -0.1) is 0 Å². The van der Waals surface area contributed by atoms with E-state index in [-0.39, 0.29) is 5.91 Å². The van der Waals surface area contributed by atoms with Crippen molar-refractivity contribution in [2.75, 3.05) is 7.05 Å². The van der Waals surface area contributed by atoms with E-state index in [1.54, 1.807) is 17.5 Å². The number of rotatable bonds is 8. The van der Waals surface area contributed by atoms with Crippen molar-refractivity contribution in [3.8, 4) is 11.1 Å². The molecule has 3 rings (SSSR count). The molecule has 0 radical (unpaired) electrons. The first kappa shape index (κ1) is 20.4. The molecule has 0 saturated carbocycles. The average Bonchev–Trinajstić information content (AvgIpc) is 2.73. The van der Waals surface area contributed by atoms with Gasteiger partial charge in [0, 0.05) is 13.6 Å². The summed E-state index contributed by atoms with van der Waals surface area (Å²) in [5, 5.41) is 0. The fraction of sp³-hybridized carbons (Fsp3) is 0.423. The molecule has 0 aliphatic heterocycles. The molecule has 2 aromatic carbocycles. The maximum absolute atomic E-state index is 11.6.